The van der Waals surface area contributed by atoms with E-state index in [0.717, 1.165) is 0 Å². The molecule has 1 amide bonds. The molecule has 2 N–H and O–H groups in total. The summed E-state index contributed by atoms with van der Waals surface area (Å²) < 4.78 is 15.6. The summed E-state index contributed by atoms with van der Waals surface area (Å²) in [4.78, 5) is 22.4. The number of rotatable bonds is 6. The van der Waals surface area contributed by atoms with E-state index in [1.165, 1.54) is 25.3 Å². The van der Waals surface area contributed by atoms with Crippen LogP contribution in [0.2, 0.25) is 0 Å². The van der Waals surface area contributed by atoms with Gasteiger partial charge in [0.2, 0.25) is 0 Å². The lowest BCUT2D eigenvalue weighted by Crippen LogP contribution is -2.34. The number of methoxy groups -OCH3 is 1. The first kappa shape index (κ1) is 17.6. The Kier molecular flexibility index (Phi) is 6.03. The van der Waals surface area contributed by atoms with Gasteiger partial charge in [0.05, 0.1) is 19.2 Å². The van der Waals surface area contributed by atoms with Crippen LogP contribution in [-0.4, -0.2) is 43.0 Å². The Morgan fingerprint density at radius 2 is 1.91 bits per heavy atom. The fourth-order valence-corrected chi connectivity index (χ4v) is 1.55. The van der Waals surface area contributed by atoms with Crippen LogP contribution in [-0.2, 0) is 4.74 Å². The molecule has 0 bridgehead atoms. The number of ether oxygens (including phenoxy) is 3. The maximum atomic E-state index is 11.4. The number of aromatic carboxylic acids is 1. The number of hydrogen-bond acceptors (Lipinski definition) is 5. The predicted octanol–water partition coefficient (Wildman–Crippen LogP) is 2.30. The lowest BCUT2D eigenvalue weighted by molar-refractivity contribution is 0.0519. The molecular formula is C15H21NO6. The Labute approximate surface area is 129 Å². The number of carbonyl (C=O) groups excluding carboxylic acids is 1. The molecule has 7 nitrogen and oxygen atoms in total. The van der Waals surface area contributed by atoms with Crippen molar-refractivity contribution < 1.29 is 28.9 Å². The summed E-state index contributed by atoms with van der Waals surface area (Å²) in [6, 6.07) is 4.31. The summed E-state index contributed by atoms with van der Waals surface area (Å²) in [7, 11) is 1.46. The predicted molar refractivity (Wildman–Crippen MR) is 79.7 cm³/mol. The molecular weight excluding hydrogens is 290 g/mol. The number of carboxylic acids is 1. The molecule has 0 aliphatic heterocycles. The smallest absolute Gasteiger partial charge is 0.407 e. The van der Waals surface area contributed by atoms with Crippen LogP contribution in [0.15, 0.2) is 18.2 Å². The molecule has 0 atom stereocenters. The topological polar surface area (TPSA) is 94.1 Å². The standard InChI is InChI=1S/C15H21NO6/c1-15(2,3)22-14(19)16-7-8-21-12-9-10(13(17)18)5-6-11(12)20-4/h5-6,9H,7-8H2,1-4H3,(H,16,19)(H,17,18). The van der Waals surface area contributed by atoms with Crippen molar-refractivity contribution in [3.8, 4) is 11.5 Å². The van der Waals surface area contributed by atoms with E-state index >= 15 is 0 Å². The second-order valence-corrected chi connectivity index (χ2v) is 5.45. The summed E-state index contributed by atoms with van der Waals surface area (Å²) in [5.41, 5.74) is -0.472. The van der Waals surface area contributed by atoms with Gasteiger partial charge in [0.15, 0.2) is 11.5 Å². The first-order chi connectivity index (χ1) is 10.2. The van der Waals surface area contributed by atoms with Crippen LogP contribution in [0.3, 0.4) is 0 Å². The maximum Gasteiger partial charge on any atom is 0.407 e. The van der Waals surface area contributed by atoms with Crippen LogP contribution in [0.1, 0.15) is 31.1 Å². The zero-order valence-electron chi connectivity index (χ0n) is 13.1. The summed E-state index contributed by atoms with van der Waals surface area (Å²) in [6.07, 6.45) is -0.539. The van der Waals surface area contributed by atoms with E-state index in [2.05, 4.69) is 5.32 Å². The van der Waals surface area contributed by atoms with Gasteiger partial charge in [-0.1, -0.05) is 0 Å². The Hall–Kier alpha value is -2.44. The van der Waals surface area contributed by atoms with Crippen molar-refractivity contribution >= 4 is 12.1 Å². The van der Waals surface area contributed by atoms with E-state index in [0.29, 0.717) is 11.5 Å². The Morgan fingerprint density at radius 3 is 2.45 bits per heavy atom. The van der Waals surface area contributed by atoms with Crippen LogP contribution in [0.25, 0.3) is 0 Å². The van der Waals surface area contributed by atoms with Gasteiger partial charge in [-0.3, -0.25) is 0 Å². The molecule has 22 heavy (non-hydrogen) atoms. The van der Waals surface area contributed by atoms with Crippen molar-refractivity contribution in [1.82, 2.24) is 5.32 Å². The number of nitrogens with one attached hydrogen (secondary N) is 1. The third kappa shape index (κ3) is 5.90. The van der Waals surface area contributed by atoms with Gasteiger partial charge in [-0.15, -0.1) is 0 Å². The van der Waals surface area contributed by atoms with Crippen LogP contribution >= 0.6 is 0 Å². The molecule has 0 saturated carbocycles. The zero-order valence-corrected chi connectivity index (χ0v) is 13.1. The highest BCUT2D eigenvalue weighted by Gasteiger charge is 2.15. The first-order valence-corrected chi connectivity index (χ1v) is 6.74. The van der Waals surface area contributed by atoms with E-state index in [1.54, 1.807) is 20.8 Å². The molecule has 0 aliphatic rings. The van der Waals surface area contributed by atoms with Crippen molar-refractivity contribution in [2.24, 2.45) is 0 Å². The Balaban J connectivity index is 2.52. The zero-order chi connectivity index (χ0) is 16.8. The highest BCUT2D eigenvalue weighted by atomic mass is 16.6. The number of amides is 1. The quantitative estimate of drug-likeness (QED) is 0.783. The highest BCUT2D eigenvalue weighted by Crippen LogP contribution is 2.27. The summed E-state index contributed by atoms with van der Waals surface area (Å²) in [5.74, 6) is -0.338. The van der Waals surface area contributed by atoms with Crippen molar-refractivity contribution in [3.63, 3.8) is 0 Å². The SMILES string of the molecule is COc1ccc(C(=O)O)cc1OCCNC(=O)OC(C)(C)C. The molecule has 0 aliphatic carbocycles. The minimum absolute atomic E-state index is 0.0934. The fourth-order valence-electron chi connectivity index (χ4n) is 1.55. The van der Waals surface area contributed by atoms with Gasteiger partial charge in [0.1, 0.15) is 12.2 Å². The van der Waals surface area contributed by atoms with E-state index in [9.17, 15) is 9.59 Å². The molecule has 0 saturated heterocycles. The van der Waals surface area contributed by atoms with Crippen LogP contribution in [0.5, 0.6) is 11.5 Å². The van der Waals surface area contributed by atoms with Gasteiger partial charge in [0.25, 0.3) is 0 Å². The first-order valence-electron chi connectivity index (χ1n) is 6.74. The Bertz CT molecular complexity index is 535. The molecule has 1 aromatic carbocycles. The maximum absolute atomic E-state index is 11.4. The Morgan fingerprint density at radius 1 is 1.23 bits per heavy atom. The monoisotopic (exact) mass is 311 g/mol. The van der Waals surface area contributed by atoms with E-state index in [-0.39, 0.29) is 18.7 Å². The minimum atomic E-state index is -1.06. The van der Waals surface area contributed by atoms with E-state index < -0.39 is 17.7 Å². The summed E-state index contributed by atoms with van der Waals surface area (Å²) in [6.45, 7) is 5.68. The largest absolute Gasteiger partial charge is 0.493 e. The number of carbonyl (C=O) groups is 2. The molecule has 7 heteroatoms. The van der Waals surface area contributed by atoms with Gasteiger partial charge in [-0.2, -0.15) is 0 Å². The second-order valence-electron chi connectivity index (χ2n) is 5.45. The average molecular weight is 311 g/mol. The lowest BCUT2D eigenvalue weighted by Gasteiger charge is -2.19. The van der Waals surface area contributed by atoms with Crippen molar-refractivity contribution in [2.75, 3.05) is 20.3 Å². The highest BCUT2D eigenvalue weighted by molar-refractivity contribution is 5.88. The molecule has 0 aromatic heterocycles. The normalized spacial score (nSPS) is 10.7. The average Bonchev–Trinajstić information content (AvgIpc) is 2.41. The number of alkyl carbamates (subject to hydrolysis) is 1. The van der Waals surface area contributed by atoms with Gasteiger partial charge >= 0.3 is 12.1 Å². The van der Waals surface area contributed by atoms with Gasteiger partial charge < -0.3 is 24.6 Å². The molecule has 1 aromatic rings. The van der Waals surface area contributed by atoms with E-state index in [1.807, 2.05) is 0 Å². The van der Waals surface area contributed by atoms with Gasteiger partial charge in [0, 0.05) is 0 Å². The number of carboxylic acid groups (broad SMARTS) is 1. The molecule has 0 fully saturated rings. The molecule has 0 spiro atoms. The fraction of sp³-hybridized carbons (Fsp3) is 0.467. The van der Waals surface area contributed by atoms with Crippen molar-refractivity contribution in [2.45, 2.75) is 26.4 Å². The van der Waals surface area contributed by atoms with Crippen LogP contribution in [0.4, 0.5) is 4.79 Å². The summed E-state index contributed by atoms with van der Waals surface area (Å²) in [5, 5.41) is 11.5. The third-order valence-electron chi connectivity index (χ3n) is 2.44. The molecule has 1 rings (SSSR count). The summed E-state index contributed by atoms with van der Waals surface area (Å²) >= 11 is 0. The molecule has 0 unspecified atom stereocenters. The number of hydrogen-bond donors (Lipinski definition) is 2. The van der Waals surface area contributed by atoms with Crippen LogP contribution < -0.4 is 14.8 Å². The second kappa shape index (κ2) is 7.53. The molecule has 0 radical (unpaired) electrons. The van der Waals surface area contributed by atoms with Crippen LogP contribution in [0, 0.1) is 0 Å². The van der Waals surface area contributed by atoms with Gasteiger partial charge in [-0.05, 0) is 39.0 Å². The van der Waals surface area contributed by atoms with Crippen molar-refractivity contribution in [3.05, 3.63) is 23.8 Å². The minimum Gasteiger partial charge on any atom is -0.493 e. The molecule has 122 valence electrons. The number of benzene rings is 1. The third-order valence-corrected chi connectivity index (χ3v) is 2.44. The molecule has 0 heterocycles. The van der Waals surface area contributed by atoms with Gasteiger partial charge in [-0.25, -0.2) is 9.59 Å². The lowest BCUT2D eigenvalue weighted by atomic mass is 10.2. The van der Waals surface area contributed by atoms with Crippen molar-refractivity contribution in [1.29, 1.82) is 0 Å². The van der Waals surface area contributed by atoms with E-state index in [4.69, 9.17) is 19.3 Å².